The molecule has 0 radical (unpaired) electrons. The van der Waals surface area contributed by atoms with E-state index in [2.05, 4.69) is 0 Å². The number of carbonyl (C=O) groups is 2. The topological polar surface area (TPSA) is 74.6 Å². The summed E-state index contributed by atoms with van der Waals surface area (Å²) < 4.78 is 0. The van der Waals surface area contributed by atoms with Crippen LogP contribution in [0.15, 0.2) is 11.1 Å². The maximum atomic E-state index is 10.6. The van der Waals surface area contributed by atoms with E-state index in [0.717, 1.165) is 12.8 Å². The summed E-state index contributed by atoms with van der Waals surface area (Å²) in [5.41, 5.74) is 0.0347. The minimum atomic E-state index is -1.14. The van der Waals surface area contributed by atoms with Gasteiger partial charge in [0.1, 0.15) is 0 Å². The lowest BCUT2D eigenvalue weighted by atomic mass is 10.1. The summed E-state index contributed by atoms with van der Waals surface area (Å²) in [5, 5.41) is 17.2. The zero-order chi connectivity index (χ0) is 9.30. The SMILES string of the molecule is C/C(C(=O)O)=C(/C(=O)O)C1CC1. The van der Waals surface area contributed by atoms with Gasteiger partial charge in [0.25, 0.3) is 0 Å². The molecule has 1 aliphatic carbocycles. The molecule has 0 bridgehead atoms. The Hall–Kier alpha value is -1.32. The lowest BCUT2D eigenvalue weighted by molar-refractivity contribution is -0.136. The minimum Gasteiger partial charge on any atom is -0.478 e. The fourth-order valence-electron chi connectivity index (χ4n) is 1.13. The first-order chi connectivity index (χ1) is 5.54. The molecular weight excluding hydrogens is 160 g/mol. The van der Waals surface area contributed by atoms with Crippen molar-refractivity contribution in [2.45, 2.75) is 19.8 Å². The van der Waals surface area contributed by atoms with E-state index in [4.69, 9.17) is 10.2 Å². The van der Waals surface area contributed by atoms with Crippen molar-refractivity contribution in [3.8, 4) is 0 Å². The van der Waals surface area contributed by atoms with Crippen LogP contribution in [0, 0.1) is 5.92 Å². The Morgan fingerprint density at radius 1 is 1.17 bits per heavy atom. The van der Waals surface area contributed by atoms with Crippen LogP contribution in [0.2, 0.25) is 0 Å². The highest BCUT2D eigenvalue weighted by Crippen LogP contribution is 2.38. The zero-order valence-electron chi connectivity index (χ0n) is 6.70. The molecule has 0 aromatic heterocycles. The second kappa shape index (κ2) is 2.97. The van der Waals surface area contributed by atoms with Gasteiger partial charge in [0.15, 0.2) is 0 Å². The summed E-state index contributed by atoms with van der Waals surface area (Å²) in [6, 6.07) is 0. The van der Waals surface area contributed by atoms with E-state index in [0.29, 0.717) is 0 Å². The summed E-state index contributed by atoms with van der Waals surface area (Å²) in [6.45, 7) is 1.34. The number of hydrogen-bond donors (Lipinski definition) is 2. The number of aliphatic carboxylic acids is 2. The second-order valence-corrected chi connectivity index (χ2v) is 2.92. The van der Waals surface area contributed by atoms with E-state index in [1.165, 1.54) is 6.92 Å². The van der Waals surface area contributed by atoms with Crippen molar-refractivity contribution in [1.82, 2.24) is 0 Å². The molecule has 4 nitrogen and oxygen atoms in total. The molecule has 0 aromatic rings. The largest absolute Gasteiger partial charge is 0.478 e. The van der Waals surface area contributed by atoms with Crippen LogP contribution < -0.4 is 0 Å². The van der Waals surface area contributed by atoms with Crippen LogP contribution >= 0.6 is 0 Å². The van der Waals surface area contributed by atoms with Gasteiger partial charge in [-0.15, -0.1) is 0 Å². The minimum absolute atomic E-state index is 0.0291. The highest BCUT2D eigenvalue weighted by molar-refractivity contribution is 5.99. The molecule has 0 atom stereocenters. The van der Waals surface area contributed by atoms with Crippen LogP contribution in [0.3, 0.4) is 0 Å². The van der Waals surface area contributed by atoms with Gasteiger partial charge in [-0.1, -0.05) is 0 Å². The highest BCUT2D eigenvalue weighted by atomic mass is 16.4. The molecule has 1 aliphatic rings. The van der Waals surface area contributed by atoms with Crippen molar-refractivity contribution in [1.29, 1.82) is 0 Å². The van der Waals surface area contributed by atoms with E-state index in [1.54, 1.807) is 0 Å². The summed E-state index contributed by atoms with van der Waals surface area (Å²) >= 11 is 0. The molecule has 0 aromatic carbocycles. The van der Waals surface area contributed by atoms with E-state index >= 15 is 0 Å². The fourth-order valence-corrected chi connectivity index (χ4v) is 1.13. The van der Waals surface area contributed by atoms with Gasteiger partial charge in [0, 0.05) is 5.57 Å². The quantitative estimate of drug-likeness (QED) is 0.616. The third kappa shape index (κ3) is 1.64. The third-order valence-electron chi connectivity index (χ3n) is 1.94. The van der Waals surface area contributed by atoms with Gasteiger partial charge in [-0.25, -0.2) is 9.59 Å². The second-order valence-electron chi connectivity index (χ2n) is 2.92. The van der Waals surface area contributed by atoms with Crippen molar-refractivity contribution in [3.63, 3.8) is 0 Å². The Morgan fingerprint density at radius 2 is 1.67 bits per heavy atom. The van der Waals surface area contributed by atoms with Crippen LogP contribution in [-0.4, -0.2) is 22.2 Å². The molecule has 66 valence electrons. The summed E-state index contributed by atoms with van der Waals surface area (Å²) in [6.07, 6.45) is 1.60. The first-order valence-electron chi connectivity index (χ1n) is 3.71. The highest BCUT2D eigenvalue weighted by Gasteiger charge is 2.33. The lowest BCUT2D eigenvalue weighted by Crippen LogP contribution is -2.10. The van der Waals surface area contributed by atoms with Crippen LogP contribution in [0.1, 0.15) is 19.8 Å². The third-order valence-corrected chi connectivity index (χ3v) is 1.94. The standard InChI is InChI=1S/C8H10O4/c1-4(7(9)10)6(8(11)12)5-2-3-5/h5H,2-3H2,1H3,(H,9,10)(H,11,12)/b6-4-. The lowest BCUT2D eigenvalue weighted by Gasteiger charge is -2.01. The molecular formula is C8H10O4. The molecule has 1 fully saturated rings. The van der Waals surface area contributed by atoms with Crippen molar-refractivity contribution in [2.24, 2.45) is 5.92 Å². The van der Waals surface area contributed by atoms with E-state index in [9.17, 15) is 9.59 Å². The molecule has 0 aliphatic heterocycles. The van der Waals surface area contributed by atoms with Crippen LogP contribution in [0.25, 0.3) is 0 Å². The van der Waals surface area contributed by atoms with Crippen molar-refractivity contribution in [3.05, 3.63) is 11.1 Å². The molecule has 12 heavy (non-hydrogen) atoms. The number of carboxylic acids is 2. The summed E-state index contributed by atoms with van der Waals surface area (Å²) in [7, 11) is 0. The monoisotopic (exact) mass is 170 g/mol. The molecule has 4 heteroatoms. The van der Waals surface area contributed by atoms with Gasteiger partial charge in [-0.3, -0.25) is 0 Å². The fraction of sp³-hybridized carbons (Fsp3) is 0.500. The van der Waals surface area contributed by atoms with Gasteiger partial charge in [-0.2, -0.15) is 0 Å². The van der Waals surface area contributed by atoms with Gasteiger partial charge in [0.2, 0.25) is 0 Å². The predicted octanol–water partition coefficient (Wildman–Crippen LogP) is 0.882. The van der Waals surface area contributed by atoms with Crippen molar-refractivity contribution >= 4 is 11.9 Å². The average Bonchev–Trinajstić information content (AvgIpc) is 2.70. The molecule has 0 amide bonds. The zero-order valence-corrected chi connectivity index (χ0v) is 6.70. The van der Waals surface area contributed by atoms with E-state index in [1.807, 2.05) is 0 Å². The molecule has 0 heterocycles. The normalized spacial score (nSPS) is 18.4. The maximum Gasteiger partial charge on any atom is 0.332 e. The number of carboxylic acid groups (broad SMARTS) is 2. The Morgan fingerprint density at radius 3 is 1.92 bits per heavy atom. The molecule has 1 saturated carbocycles. The van der Waals surface area contributed by atoms with Gasteiger partial charge in [-0.05, 0) is 25.7 Å². The van der Waals surface area contributed by atoms with E-state index < -0.39 is 11.9 Å². The molecule has 0 unspecified atom stereocenters. The van der Waals surface area contributed by atoms with Crippen LogP contribution in [0.4, 0.5) is 0 Å². The molecule has 0 spiro atoms. The first-order valence-corrected chi connectivity index (χ1v) is 3.71. The maximum absolute atomic E-state index is 10.6. The Bertz CT molecular complexity index is 260. The molecule has 2 N–H and O–H groups in total. The van der Waals surface area contributed by atoms with Gasteiger partial charge < -0.3 is 10.2 Å². The van der Waals surface area contributed by atoms with Crippen molar-refractivity contribution < 1.29 is 19.8 Å². The van der Waals surface area contributed by atoms with Gasteiger partial charge >= 0.3 is 11.9 Å². The Balaban J connectivity index is 2.96. The summed E-state index contributed by atoms with van der Waals surface area (Å²) in [5.74, 6) is -2.27. The number of hydrogen-bond acceptors (Lipinski definition) is 2. The average molecular weight is 170 g/mol. The van der Waals surface area contributed by atoms with Gasteiger partial charge in [0.05, 0.1) is 5.57 Å². The van der Waals surface area contributed by atoms with Crippen LogP contribution in [-0.2, 0) is 9.59 Å². The smallest absolute Gasteiger partial charge is 0.332 e. The van der Waals surface area contributed by atoms with E-state index in [-0.39, 0.29) is 17.1 Å². The molecule has 0 saturated heterocycles. The Kier molecular flexibility index (Phi) is 2.17. The molecule has 1 rings (SSSR count). The van der Waals surface area contributed by atoms with Crippen molar-refractivity contribution in [2.75, 3.05) is 0 Å². The first kappa shape index (κ1) is 8.77. The Labute approximate surface area is 69.5 Å². The predicted molar refractivity (Wildman–Crippen MR) is 40.7 cm³/mol. The van der Waals surface area contributed by atoms with Crippen LogP contribution in [0.5, 0.6) is 0 Å². The summed E-state index contributed by atoms with van der Waals surface area (Å²) in [4.78, 5) is 21.1. The number of rotatable bonds is 3.